The molecule has 0 saturated carbocycles. The van der Waals surface area contributed by atoms with E-state index in [2.05, 4.69) is 24.1 Å². The predicted octanol–water partition coefficient (Wildman–Crippen LogP) is 2.59. The van der Waals surface area contributed by atoms with Crippen LogP contribution in [0.1, 0.15) is 31.9 Å². The van der Waals surface area contributed by atoms with Gasteiger partial charge >= 0.3 is 0 Å². The summed E-state index contributed by atoms with van der Waals surface area (Å²) in [4.78, 5) is 14.5. The molecule has 0 radical (unpaired) electrons. The topological polar surface area (TPSA) is 44.9 Å². The minimum Gasteiger partial charge on any atom is -0.328 e. The summed E-state index contributed by atoms with van der Waals surface area (Å²) in [5, 5.41) is 5.23. The van der Waals surface area contributed by atoms with Gasteiger partial charge in [0.05, 0.1) is 0 Å². The first kappa shape index (κ1) is 11.9. The van der Waals surface area contributed by atoms with Crippen LogP contribution in [-0.4, -0.2) is 11.5 Å². The number of aromatic nitrogens is 1. The van der Waals surface area contributed by atoms with E-state index in [9.17, 15) is 4.79 Å². The molecule has 3 nitrogen and oxygen atoms in total. The van der Waals surface area contributed by atoms with Gasteiger partial charge < -0.3 is 10.3 Å². The van der Waals surface area contributed by atoms with Crippen LogP contribution < -0.4 is 10.9 Å². The highest BCUT2D eigenvalue weighted by atomic mass is 16.1. The van der Waals surface area contributed by atoms with Crippen molar-refractivity contribution >= 4 is 10.8 Å². The van der Waals surface area contributed by atoms with Gasteiger partial charge in [-0.25, -0.2) is 0 Å². The van der Waals surface area contributed by atoms with E-state index < -0.39 is 0 Å². The third-order valence-corrected chi connectivity index (χ3v) is 3.01. The highest BCUT2D eigenvalue weighted by Crippen LogP contribution is 2.20. The number of hydrogen-bond acceptors (Lipinski definition) is 2. The molecule has 0 fully saturated rings. The molecular weight excluding hydrogens is 212 g/mol. The minimum absolute atomic E-state index is 0.0213. The van der Waals surface area contributed by atoms with Gasteiger partial charge in [-0.1, -0.05) is 25.1 Å². The van der Waals surface area contributed by atoms with Crippen molar-refractivity contribution in [3.05, 3.63) is 46.4 Å². The fourth-order valence-corrected chi connectivity index (χ4v) is 2.06. The Morgan fingerprint density at radius 2 is 2.00 bits per heavy atom. The summed E-state index contributed by atoms with van der Waals surface area (Å²) in [5.41, 5.74) is 1.13. The van der Waals surface area contributed by atoms with Gasteiger partial charge in [-0.15, -0.1) is 0 Å². The number of nitrogens with one attached hydrogen (secondary N) is 2. The largest absolute Gasteiger partial charge is 0.328 e. The zero-order valence-electron chi connectivity index (χ0n) is 10.3. The smallest absolute Gasteiger partial charge is 0.255 e. The number of rotatable bonds is 4. The molecule has 2 rings (SSSR count). The van der Waals surface area contributed by atoms with Gasteiger partial charge in [0, 0.05) is 17.6 Å². The molecule has 0 saturated heterocycles. The molecule has 1 aromatic heterocycles. The van der Waals surface area contributed by atoms with Crippen LogP contribution >= 0.6 is 0 Å². The van der Waals surface area contributed by atoms with Crippen LogP contribution in [0.5, 0.6) is 0 Å². The number of fused-ring (bicyclic) bond motifs is 1. The van der Waals surface area contributed by atoms with Crippen LogP contribution in [-0.2, 0) is 0 Å². The van der Waals surface area contributed by atoms with Crippen LogP contribution in [0, 0.1) is 0 Å². The molecule has 0 amide bonds. The molecule has 1 aromatic carbocycles. The van der Waals surface area contributed by atoms with E-state index >= 15 is 0 Å². The average molecular weight is 230 g/mol. The summed E-state index contributed by atoms with van der Waals surface area (Å²) in [7, 11) is 0. The lowest BCUT2D eigenvalue weighted by Crippen LogP contribution is -2.21. The lowest BCUT2D eigenvalue weighted by molar-refractivity contribution is 0.572. The predicted molar refractivity (Wildman–Crippen MR) is 71.3 cm³/mol. The molecule has 17 heavy (non-hydrogen) atoms. The van der Waals surface area contributed by atoms with E-state index in [1.165, 1.54) is 0 Å². The molecule has 1 atom stereocenters. The second-order valence-corrected chi connectivity index (χ2v) is 4.29. The summed E-state index contributed by atoms with van der Waals surface area (Å²) in [6.45, 7) is 5.25. The number of aromatic amines is 1. The molecule has 1 heterocycles. The first-order chi connectivity index (χ1) is 8.24. The van der Waals surface area contributed by atoms with Gasteiger partial charge in [-0.3, -0.25) is 4.79 Å². The fourth-order valence-electron chi connectivity index (χ4n) is 2.06. The monoisotopic (exact) mass is 230 g/mol. The summed E-state index contributed by atoms with van der Waals surface area (Å²) >= 11 is 0. The standard InChI is InChI=1S/C14H18N2O/c1-3-8-15-10(2)13-9-16-14(17)12-7-5-4-6-11(12)13/h4-7,9-10,15H,3,8H2,1-2H3,(H,16,17). The summed E-state index contributed by atoms with van der Waals surface area (Å²) in [6.07, 6.45) is 2.92. The third kappa shape index (κ3) is 2.39. The van der Waals surface area contributed by atoms with Gasteiger partial charge in [-0.2, -0.15) is 0 Å². The summed E-state index contributed by atoms with van der Waals surface area (Å²) < 4.78 is 0. The quantitative estimate of drug-likeness (QED) is 0.848. The van der Waals surface area contributed by atoms with Crippen molar-refractivity contribution in [2.45, 2.75) is 26.3 Å². The fraction of sp³-hybridized carbons (Fsp3) is 0.357. The van der Waals surface area contributed by atoms with Crippen molar-refractivity contribution in [1.82, 2.24) is 10.3 Å². The van der Waals surface area contributed by atoms with Gasteiger partial charge in [-0.05, 0) is 36.9 Å². The van der Waals surface area contributed by atoms with E-state index in [-0.39, 0.29) is 11.6 Å². The van der Waals surface area contributed by atoms with Crippen molar-refractivity contribution in [3.8, 4) is 0 Å². The van der Waals surface area contributed by atoms with Crippen LogP contribution in [0.2, 0.25) is 0 Å². The second kappa shape index (κ2) is 5.15. The molecule has 90 valence electrons. The Kier molecular flexibility index (Phi) is 3.59. The number of benzene rings is 1. The average Bonchev–Trinajstić information content (AvgIpc) is 2.37. The Hall–Kier alpha value is -1.61. The van der Waals surface area contributed by atoms with E-state index in [4.69, 9.17) is 0 Å². The molecule has 0 bridgehead atoms. The summed E-state index contributed by atoms with van der Waals surface area (Å²) in [5.74, 6) is 0. The maximum atomic E-state index is 11.7. The Bertz CT molecular complexity index is 559. The number of pyridine rings is 1. The van der Waals surface area contributed by atoms with E-state index in [1.807, 2.05) is 30.5 Å². The van der Waals surface area contributed by atoms with Crippen LogP contribution in [0.15, 0.2) is 35.3 Å². The van der Waals surface area contributed by atoms with Crippen molar-refractivity contribution in [2.75, 3.05) is 6.54 Å². The molecule has 0 spiro atoms. The van der Waals surface area contributed by atoms with Crippen LogP contribution in [0.3, 0.4) is 0 Å². The molecule has 2 aromatic rings. The highest BCUT2D eigenvalue weighted by Gasteiger charge is 2.09. The first-order valence-corrected chi connectivity index (χ1v) is 6.07. The molecular formula is C14H18N2O. The lowest BCUT2D eigenvalue weighted by atomic mass is 10.0. The van der Waals surface area contributed by atoms with Crippen LogP contribution in [0.4, 0.5) is 0 Å². The highest BCUT2D eigenvalue weighted by molar-refractivity contribution is 5.84. The molecule has 1 unspecified atom stereocenters. The van der Waals surface area contributed by atoms with Crippen molar-refractivity contribution < 1.29 is 0 Å². The van der Waals surface area contributed by atoms with Crippen molar-refractivity contribution in [1.29, 1.82) is 0 Å². The third-order valence-electron chi connectivity index (χ3n) is 3.01. The molecule has 0 aliphatic carbocycles. The number of hydrogen-bond donors (Lipinski definition) is 2. The van der Waals surface area contributed by atoms with Gasteiger partial charge in [0.1, 0.15) is 0 Å². The van der Waals surface area contributed by atoms with Gasteiger partial charge in [0.2, 0.25) is 0 Å². The van der Waals surface area contributed by atoms with Crippen LogP contribution in [0.25, 0.3) is 10.8 Å². The molecule has 0 aliphatic heterocycles. The Morgan fingerprint density at radius 3 is 2.71 bits per heavy atom. The van der Waals surface area contributed by atoms with Crippen molar-refractivity contribution in [3.63, 3.8) is 0 Å². The SMILES string of the molecule is CCCNC(C)c1c[nH]c(=O)c2ccccc12. The first-order valence-electron chi connectivity index (χ1n) is 6.07. The maximum absolute atomic E-state index is 11.7. The van der Waals surface area contributed by atoms with Crippen molar-refractivity contribution in [2.24, 2.45) is 0 Å². The normalized spacial score (nSPS) is 12.8. The van der Waals surface area contributed by atoms with Gasteiger partial charge in [0.15, 0.2) is 0 Å². The number of H-pyrrole nitrogens is 1. The Morgan fingerprint density at radius 1 is 1.29 bits per heavy atom. The lowest BCUT2D eigenvalue weighted by Gasteiger charge is -2.15. The molecule has 2 N–H and O–H groups in total. The minimum atomic E-state index is -0.0213. The zero-order valence-corrected chi connectivity index (χ0v) is 10.3. The van der Waals surface area contributed by atoms with Gasteiger partial charge in [0.25, 0.3) is 5.56 Å². The molecule has 3 heteroatoms. The zero-order chi connectivity index (χ0) is 12.3. The maximum Gasteiger partial charge on any atom is 0.255 e. The Labute approximate surface area is 101 Å². The van der Waals surface area contributed by atoms with E-state index in [0.29, 0.717) is 0 Å². The second-order valence-electron chi connectivity index (χ2n) is 4.29. The summed E-state index contributed by atoms with van der Waals surface area (Å²) in [6, 6.07) is 7.98. The molecule has 0 aliphatic rings. The van der Waals surface area contributed by atoms with E-state index in [0.717, 1.165) is 29.3 Å². The van der Waals surface area contributed by atoms with E-state index in [1.54, 1.807) is 0 Å². The Balaban J connectivity index is 2.48.